The minimum atomic E-state index is -0.516. The number of carbonyl (C=O) groups is 1. The van der Waals surface area contributed by atoms with Gasteiger partial charge in [-0.15, -0.1) is 0 Å². The number of rotatable bonds is 8. The van der Waals surface area contributed by atoms with Gasteiger partial charge in [-0.3, -0.25) is 9.58 Å². The van der Waals surface area contributed by atoms with Crippen LogP contribution in [0.15, 0.2) is 30.3 Å². The SMILES string of the molecule is COc1ccc(CN2Cc3cc(COC[C@H](C)NC(=O)OC(C)(C)C)nn3C(C)C2)cc1. The van der Waals surface area contributed by atoms with Crippen molar-refractivity contribution in [1.29, 1.82) is 0 Å². The van der Waals surface area contributed by atoms with Crippen LogP contribution >= 0.6 is 0 Å². The molecule has 0 spiro atoms. The number of hydrogen-bond acceptors (Lipinski definition) is 6. The van der Waals surface area contributed by atoms with E-state index in [9.17, 15) is 4.79 Å². The molecular weight excluding hydrogens is 408 g/mol. The number of amides is 1. The summed E-state index contributed by atoms with van der Waals surface area (Å²) in [5.41, 5.74) is 2.84. The molecule has 1 aliphatic rings. The highest BCUT2D eigenvalue weighted by atomic mass is 16.6. The van der Waals surface area contributed by atoms with E-state index in [1.54, 1.807) is 7.11 Å². The van der Waals surface area contributed by atoms with Gasteiger partial charge in [-0.2, -0.15) is 5.10 Å². The predicted molar refractivity (Wildman–Crippen MR) is 123 cm³/mol. The van der Waals surface area contributed by atoms with Gasteiger partial charge in [-0.1, -0.05) is 12.1 Å². The van der Waals surface area contributed by atoms with Crippen LogP contribution < -0.4 is 10.1 Å². The molecule has 32 heavy (non-hydrogen) atoms. The Bertz CT molecular complexity index is 888. The fourth-order valence-electron chi connectivity index (χ4n) is 3.81. The Kier molecular flexibility index (Phi) is 7.79. The second kappa shape index (κ2) is 10.4. The van der Waals surface area contributed by atoms with E-state index < -0.39 is 11.7 Å². The molecule has 8 nitrogen and oxygen atoms in total. The zero-order chi connectivity index (χ0) is 23.3. The molecule has 1 unspecified atom stereocenters. The van der Waals surface area contributed by atoms with Crippen molar-refractivity contribution < 1.29 is 19.0 Å². The number of alkyl carbamates (subject to hydrolysis) is 1. The first kappa shape index (κ1) is 24.1. The molecule has 8 heteroatoms. The van der Waals surface area contributed by atoms with Crippen LogP contribution in [0.1, 0.15) is 57.6 Å². The summed E-state index contributed by atoms with van der Waals surface area (Å²) in [5, 5.41) is 7.53. The van der Waals surface area contributed by atoms with Crippen LogP contribution in [0.4, 0.5) is 4.79 Å². The lowest BCUT2D eigenvalue weighted by Gasteiger charge is -2.32. The van der Waals surface area contributed by atoms with Crippen LogP contribution in [0, 0.1) is 0 Å². The van der Waals surface area contributed by atoms with Gasteiger partial charge in [0, 0.05) is 19.6 Å². The van der Waals surface area contributed by atoms with E-state index in [4.69, 9.17) is 19.3 Å². The van der Waals surface area contributed by atoms with Gasteiger partial charge in [0.25, 0.3) is 0 Å². The molecule has 1 aromatic heterocycles. The van der Waals surface area contributed by atoms with Crippen LogP contribution in [-0.2, 0) is 29.2 Å². The largest absolute Gasteiger partial charge is 0.497 e. The maximum Gasteiger partial charge on any atom is 0.407 e. The molecule has 1 amide bonds. The first-order chi connectivity index (χ1) is 15.1. The Morgan fingerprint density at radius 3 is 2.66 bits per heavy atom. The van der Waals surface area contributed by atoms with E-state index in [1.165, 1.54) is 11.3 Å². The Morgan fingerprint density at radius 2 is 2.00 bits per heavy atom. The van der Waals surface area contributed by atoms with Gasteiger partial charge < -0.3 is 19.5 Å². The molecule has 0 radical (unpaired) electrons. The molecule has 0 saturated heterocycles. The topological polar surface area (TPSA) is 77.8 Å². The normalized spacial score (nSPS) is 17.5. The van der Waals surface area contributed by atoms with Crippen molar-refractivity contribution >= 4 is 6.09 Å². The minimum absolute atomic E-state index is 0.152. The number of ether oxygens (including phenoxy) is 3. The highest BCUT2D eigenvalue weighted by Gasteiger charge is 2.24. The first-order valence-corrected chi connectivity index (χ1v) is 11.1. The van der Waals surface area contributed by atoms with Crippen molar-refractivity contribution in [3.8, 4) is 5.75 Å². The van der Waals surface area contributed by atoms with Gasteiger partial charge in [-0.05, 0) is 58.4 Å². The van der Waals surface area contributed by atoms with Gasteiger partial charge in [0.2, 0.25) is 0 Å². The van der Waals surface area contributed by atoms with Crippen LogP contribution in [-0.4, -0.2) is 52.7 Å². The number of carbonyl (C=O) groups excluding carboxylic acids is 1. The number of fused-ring (bicyclic) bond motifs is 1. The minimum Gasteiger partial charge on any atom is -0.497 e. The predicted octanol–water partition coefficient (Wildman–Crippen LogP) is 3.90. The molecule has 2 aromatic rings. The number of nitrogens with zero attached hydrogens (tertiary/aromatic N) is 3. The second-order valence-electron chi connectivity index (χ2n) is 9.50. The van der Waals surface area contributed by atoms with Crippen LogP contribution in [0.2, 0.25) is 0 Å². The average molecular weight is 445 g/mol. The second-order valence-corrected chi connectivity index (χ2v) is 9.50. The quantitative estimate of drug-likeness (QED) is 0.665. The number of methoxy groups -OCH3 is 1. The summed E-state index contributed by atoms with van der Waals surface area (Å²) < 4.78 is 18.4. The molecule has 2 atom stereocenters. The van der Waals surface area contributed by atoms with Gasteiger partial charge in [0.1, 0.15) is 11.4 Å². The molecule has 176 valence electrons. The zero-order valence-electron chi connectivity index (χ0n) is 20.1. The molecule has 0 aliphatic carbocycles. The summed E-state index contributed by atoms with van der Waals surface area (Å²) >= 11 is 0. The van der Waals surface area contributed by atoms with Crippen LogP contribution in [0.5, 0.6) is 5.75 Å². The molecule has 1 N–H and O–H groups in total. The summed E-state index contributed by atoms with van der Waals surface area (Å²) in [4.78, 5) is 14.3. The van der Waals surface area contributed by atoms with E-state index in [1.807, 2.05) is 39.8 Å². The van der Waals surface area contributed by atoms with E-state index in [0.717, 1.165) is 31.1 Å². The summed E-state index contributed by atoms with van der Waals surface area (Å²) in [6, 6.07) is 10.5. The average Bonchev–Trinajstić information content (AvgIpc) is 3.10. The van der Waals surface area contributed by atoms with E-state index in [0.29, 0.717) is 19.3 Å². The Balaban J connectivity index is 1.49. The maximum absolute atomic E-state index is 11.8. The summed E-state index contributed by atoms with van der Waals surface area (Å²) in [7, 11) is 1.68. The van der Waals surface area contributed by atoms with Crippen molar-refractivity contribution in [1.82, 2.24) is 20.0 Å². The summed E-state index contributed by atoms with van der Waals surface area (Å²) in [6.07, 6.45) is -0.433. The Morgan fingerprint density at radius 1 is 1.28 bits per heavy atom. The van der Waals surface area contributed by atoms with Crippen molar-refractivity contribution in [2.24, 2.45) is 0 Å². The molecule has 0 bridgehead atoms. The monoisotopic (exact) mass is 444 g/mol. The highest BCUT2D eigenvalue weighted by molar-refractivity contribution is 5.68. The number of aromatic nitrogens is 2. The fourth-order valence-corrected chi connectivity index (χ4v) is 3.81. The maximum atomic E-state index is 11.8. The van der Waals surface area contributed by atoms with Crippen molar-refractivity contribution in [2.75, 3.05) is 20.3 Å². The lowest BCUT2D eigenvalue weighted by atomic mass is 10.1. The fraction of sp³-hybridized carbons (Fsp3) is 0.583. The highest BCUT2D eigenvalue weighted by Crippen LogP contribution is 2.24. The number of hydrogen-bond donors (Lipinski definition) is 1. The summed E-state index contributed by atoms with van der Waals surface area (Å²) in [6.45, 7) is 13.1. The van der Waals surface area contributed by atoms with Crippen molar-refractivity contribution in [3.63, 3.8) is 0 Å². The van der Waals surface area contributed by atoms with Gasteiger partial charge >= 0.3 is 6.09 Å². The molecule has 0 fully saturated rings. The number of benzene rings is 1. The van der Waals surface area contributed by atoms with E-state index in [-0.39, 0.29) is 6.04 Å². The van der Waals surface area contributed by atoms with Gasteiger partial charge in [-0.25, -0.2) is 4.79 Å². The molecule has 2 heterocycles. The van der Waals surface area contributed by atoms with Gasteiger partial charge in [0.15, 0.2) is 0 Å². The smallest absolute Gasteiger partial charge is 0.407 e. The Hall–Kier alpha value is -2.58. The Labute approximate surface area is 190 Å². The lowest BCUT2D eigenvalue weighted by Crippen LogP contribution is -2.39. The lowest BCUT2D eigenvalue weighted by molar-refractivity contribution is 0.0439. The van der Waals surface area contributed by atoms with Crippen molar-refractivity contribution in [3.05, 3.63) is 47.3 Å². The third-order valence-electron chi connectivity index (χ3n) is 5.14. The molecule has 1 aromatic carbocycles. The third kappa shape index (κ3) is 6.97. The van der Waals surface area contributed by atoms with Crippen molar-refractivity contribution in [2.45, 2.75) is 72.0 Å². The van der Waals surface area contributed by atoms with E-state index in [2.05, 4.69) is 40.0 Å². The van der Waals surface area contributed by atoms with Crippen LogP contribution in [0.25, 0.3) is 0 Å². The molecular formula is C24H36N4O4. The first-order valence-electron chi connectivity index (χ1n) is 11.1. The standard InChI is InChI=1S/C24H36N4O4/c1-17(25-23(29)32-24(3,4)5)15-31-16-20-11-21-14-27(12-18(2)28(21)26-20)13-19-7-9-22(30-6)10-8-19/h7-11,17-18H,12-16H2,1-6H3,(H,25,29)/t17-,18?/m0/s1. The molecule has 1 aliphatic heterocycles. The number of nitrogens with one attached hydrogen (secondary N) is 1. The summed E-state index contributed by atoms with van der Waals surface area (Å²) in [5.74, 6) is 0.874. The zero-order valence-corrected chi connectivity index (χ0v) is 20.1. The van der Waals surface area contributed by atoms with Crippen LogP contribution in [0.3, 0.4) is 0 Å². The van der Waals surface area contributed by atoms with E-state index >= 15 is 0 Å². The third-order valence-corrected chi connectivity index (χ3v) is 5.14. The molecule has 0 saturated carbocycles. The molecule has 3 rings (SSSR count). The van der Waals surface area contributed by atoms with Gasteiger partial charge in [0.05, 0.1) is 43.8 Å².